The van der Waals surface area contributed by atoms with Crippen molar-refractivity contribution in [2.45, 2.75) is 39.0 Å². The van der Waals surface area contributed by atoms with Gasteiger partial charge in [0.25, 0.3) is 5.56 Å². The van der Waals surface area contributed by atoms with Gasteiger partial charge in [-0.1, -0.05) is 0 Å². The van der Waals surface area contributed by atoms with E-state index in [4.69, 9.17) is 4.74 Å². The Morgan fingerprint density at radius 1 is 1.06 bits per heavy atom. The van der Waals surface area contributed by atoms with Crippen LogP contribution in [0, 0.1) is 11.6 Å². The number of ketones is 1. The van der Waals surface area contributed by atoms with Gasteiger partial charge in [0.2, 0.25) is 0 Å². The lowest BCUT2D eigenvalue weighted by Gasteiger charge is -2.24. The van der Waals surface area contributed by atoms with Gasteiger partial charge in [-0.05, 0) is 13.3 Å². The van der Waals surface area contributed by atoms with Gasteiger partial charge in [-0.25, -0.2) is 28.2 Å². The predicted molar refractivity (Wildman–Crippen MR) is 118 cm³/mol. The summed E-state index contributed by atoms with van der Waals surface area (Å²) in [6.45, 7) is 2.49. The van der Waals surface area contributed by atoms with E-state index in [9.17, 15) is 14.4 Å². The highest BCUT2D eigenvalue weighted by atomic mass is 19.1. The second-order valence-corrected chi connectivity index (χ2v) is 8.38. The topological polar surface area (TPSA) is 103 Å². The lowest BCUT2D eigenvalue weighted by molar-refractivity contribution is -0.117. The highest BCUT2D eigenvalue weighted by Gasteiger charge is 2.34. The Hall–Kier alpha value is -3.83. The van der Waals surface area contributed by atoms with Crippen LogP contribution in [0.15, 0.2) is 29.3 Å². The number of anilines is 2. The SMILES string of the molecule is CC(=O)CC[C@H]1CN(c2cc(F)c(N3CCn4c(=O)c5nccnc5n4CC3)c(F)c2)C(=O)O1. The summed E-state index contributed by atoms with van der Waals surface area (Å²) >= 11 is 0. The van der Waals surface area contributed by atoms with Crippen LogP contribution in [0.3, 0.4) is 0 Å². The minimum absolute atomic E-state index is 0.0255. The number of halogens is 2. The van der Waals surface area contributed by atoms with Gasteiger partial charge in [0.15, 0.2) is 22.8 Å². The number of carbonyl (C=O) groups is 2. The molecule has 34 heavy (non-hydrogen) atoms. The molecule has 12 heteroatoms. The number of ether oxygens (including phenoxy) is 1. The molecule has 0 bridgehead atoms. The number of carbonyl (C=O) groups excluding carboxylic acids is 2. The molecule has 178 valence electrons. The summed E-state index contributed by atoms with van der Waals surface area (Å²) in [5.41, 5.74) is 0.216. The molecule has 4 heterocycles. The average Bonchev–Trinajstić information content (AvgIpc) is 3.20. The number of hydrogen-bond acceptors (Lipinski definition) is 7. The summed E-state index contributed by atoms with van der Waals surface area (Å²) in [6.07, 6.45) is 2.33. The minimum Gasteiger partial charge on any atom is -0.444 e. The van der Waals surface area contributed by atoms with Gasteiger partial charge >= 0.3 is 6.09 Å². The summed E-state index contributed by atoms with van der Waals surface area (Å²) in [5.74, 6) is -1.67. The Balaban J connectivity index is 1.37. The van der Waals surface area contributed by atoms with Gasteiger partial charge in [0.1, 0.15) is 17.6 Å². The van der Waals surface area contributed by atoms with Gasteiger partial charge in [-0.3, -0.25) is 14.4 Å². The third kappa shape index (κ3) is 3.78. The summed E-state index contributed by atoms with van der Waals surface area (Å²) in [7, 11) is 0. The molecule has 2 aliphatic heterocycles. The van der Waals surface area contributed by atoms with Gasteiger partial charge in [-0.2, -0.15) is 0 Å². The third-order valence-electron chi connectivity index (χ3n) is 6.14. The first-order chi connectivity index (χ1) is 16.3. The van der Waals surface area contributed by atoms with Crippen molar-refractivity contribution in [3.63, 3.8) is 0 Å². The van der Waals surface area contributed by atoms with Crippen molar-refractivity contribution in [2.24, 2.45) is 0 Å². The number of Topliss-reactive ketones (excluding diaryl/α,β-unsaturated/α-hetero) is 1. The van der Waals surface area contributed by atoms with E-state index in [2.05, 4.69) is 9.97 Å². The summed E-state index contributed by atoms with van der Waals surface area (Å²) in [4.78, 5) is 47.1. The van der Waals surface area contributed by atoms with E-state index in [1.165, 1.54) is 33.8 Å². The first-order valence-electron chi connectivity index (χ1n) is 11.0. The Kier molecular flexibility index (Phi) is 5.50. The molecule has 0 unspecified atom stereocenters. The molecule has 10 nitrogen and oxygen atoms in total. The Morgan fingerprint density at radius 3 is 2.44 bits per heavy atom. The van der Waals surface area contributed by atoms with E-state index in [0.29, 0.717) is 12.1 Å². The fraction of sp³-hybridized carbons (Fsp3) is 0.409. The molecule has 3 aromatic rings. The smallest absolute Gasteiger partial charge is 0.414 e. The minimum atomic E-state index is -0.821. The maximum Gasteiger partial charge on any atom is 0.414 e. The number of nitrogens with zero attached hydrogens (tertiary/aromatic N) is 6. The number of cyclic esters (lactones) is 1. The number of benzene rings is 1. The van der Waals surface area contributed by atoms with Crippen LogP contribution >= 0.6 is 0 Å². The van der Waals surface area contributed by atoms with Crippen LogP contribution in [0.4, 0.5) is 25.0 Å². The van der Waals surface area contributed by atoms with Gasteiger partial charge in [0.05, 0.1) is 25.3 Å². The zero-order valence-corrected chi connectivity index (χ0v) is 18.4. The van der Waals surface area contributed by atoms with Crippen molar-refractivity contribution in [3.05, 3.63) is 46.5 Å². The molecular weight excluding hydrogens is 450 g/mol. The van der Waals surface area contributed by atoms with Crippen molar-refractivity contribution in [1.29, 1.82) is 0 Å². The van der Waals surface area contributed by atoms with Crippen molar-refractivity contribution < 1.29 is 23.1 Å². The Morgan fingerprint density at radius 2 is 1.74 bits per heavy atom. The molecule has 2 aromatic heterocycles. The standard InChI is InChI=1S/C22H22F2N6O4/c1-13(31)2-3-15-12-28(22(33)34-15)14-10-16(23)19(17(24)11-14)27-6-8-29-20-18(25-4-5-26-20)21(32)30(29)9-7-27/h4-5,10-11,15H,2-3,6-9,12H2,1H3/t15-/m0/s1. The number of rotatable bonds is 5. The molecule has 0 N–H and O–H groups in total. The van der Waals surface area contributed by atoms with Crippen molar-refractivity contribution >= 4 is 34.4 Å². The second kappa shape index (κ2) is 8.50. The zero-order valence-electron chi connectivity index (χ0n) is 18.4. The first-order valence-corrected chi connectivity index (χ1v) is 11.0. The van der Waals surface area contributed by atoms with Crippen LogP contribution in [-0.4, -0.2) is 56.9 Å². The maximum absolute atomic E-state index is 15.1. The molecule has 1 amide bonds. The lowest BCUT2D eigenvalue weighted by atomic mass is 10.1. The monoisotopic (exact) mass is 472 g/mol. The van der Waals surface area contributed by atoms with Crippen LogP contribution in [0.1, 0.15) is 19.8 Å². The largest absolute Gasteiger partial charge is 0.444 e. The van der Waals surface area contributed by atoms with Crippen molar-refractivity contribution in [3.8, 4) is 0 Å². The van der Waals surface area contributed by atoms with Crippen LogP contribution in [-0.2, 0) is 22.6 Å². The van der Waals surface area contributed by atoms with Crippen molar-refractivity contribution in [2.75, 3.05) is 29.4 Å². The summed E-state index contributed by atoms with van der Waals surface area (Å²) in [6, 6.07) is 2.20. The fourth-order valence-electron chi connectivity index (χ4n) is 4.49. The van der Waals surface area contributed by atoms with Crippen LogP contribution in [0.2, 0.25) is 0 Å². The highest BCUT2D eigenvalue weighted by Crippen LogP contribution is 2.32. The molecule has 0 aliphatic carbocycles. The lowest BCUT2D eigenvalue weighted by Crippen LogP contribution is -2.30. The highest BCUT2D eigenvalue weighted by molar-refractivity contribution is 5.90. The van der Waals surface area contributed by atoms with Crippen LogP contribution < -0.4 is 15.4 Å². The van der Waals surface area contributed by atoms with E-state index in [-0.39, 0.29) is 67.4 Å². The molecule has 1 aromatic carbocycles. The number of fused-ring (bicyclic) bond motifs is 3. The summed E-state index contributed by atoms with van der Waals surface area (Å²) < 4.78 is 38.7. The molecule has 0 spiro atoms. The fourth-order valence-corrected chi connectivity index (χ4v) is 4.49. The first kappa shape index (κ1) is 22.0. The Bertz CT molecular complexity index is 1330. The summed E-state index contributed by atoms with van der Waals surface area (Å²) in [5, 5.41) is 0. The van der Waals surface area contributed by atoms with E-state index >= 15 is 8.78 Å². The second-order valence-electron chi connectivity index (χ2n) is 8.38. The normalized spacial score (nSPS) is 18.2. The number of aromatic nitrogens is 4. The molecule has 1 saturated heterocycles. The van der Waals surface area contributed by atoms with E-state index < -0.39 is 23.8 Å². The maximum atomic E-state index is 15.1. The number of hydrogen-bond donors (Lipinski definition) is 0. The molecule has 0 radical (unpaired) electrons. The molecule has 1 atom stereocenters. The van der Waals surface area contributed by atoms with Crippen LogP contribution in [0.25, 0.3) is 11.2 Å². The predicted octanol–water partition coefficient (Wildman–Crippen LogP) is 2.09. The molecule has 1 fully saturated rings. The van der Waals surface area contributed by atoms with E-state index in [0.717, 1.165) is 12.1 Å². The van der Waals surface area contributed by atoms with Gasteiger partial charge < -0.3 is 14.4 Å². The molecular formula is C22H22F2N6O4. The Labute approximate surface area is 192 Å². The number of amides is 1. The third-order valence-corrected chi connectivity index (χ3v) is 6.14. The molecule has 0 saturated carbocycles. The molecule has 5 rings (SSSR count). The quantitative estimate of drug-likeness (QED) is 0.560. The zero-order chi connectivity index (χ0) is 24.0. The van der Waals surface area contributed by atoms with E-state index in [1.807, 2.05) is 0 Å². The van der Waals surface area contributed by atoms with Gasteiger partial charge in [-0.15, -0.1) is 0 Å². The van der Waals surface area contributed by atoms with Crippen molar-refractivity contribution in [1.82, 2.24) is 19.3 Å². The van der Waals surface area contributed by atoms with E-state index in [1.54, 1.807) is 4.68 Å². The van der Waals surface area contributed by atoms with Crippen LogP contribution in [0.5, 0.6) is 0 Å². The average molecular weight is 472 g/mol. The molecule has 2 aliphatic rings. The van der Waals surface area contributed by atoms with Gasteiger partial charge in [0, 0.05) is 44.0 Å².